The molecule has 1 saturated heterocycles. The van der Waals surface area contributed by atoms with Gasteiger partial charge in [-0.1, -0.05) is 39.3 Å². The number of nitrogens with one attached hydrogen (secondary N) is 1. The molecule has 4 rings (SSSR count). The zero-order valence-electron chi connectivity index (χ0n) is 20.8. The Morgan fingerprint density at radius 1 is 1.00 bits per heavy atom. The number of esters is 2. The van der Waals surface area contributed by atoms with Crippen LogP contribution >= 0.6 is 0 Å². The standard InChI is InChI=1S/C27H32N2O7/c1-4-5-12-35-26(33)16-8-10-19(11-9-16)28-20(30)14-36-27(34)23(15(2)3)29-24(31)21-17-6-7-18(13-17)22(21)25(29)32/h6-11,15,17-18,21-23H,4-5,12-14H2,1-3H3,(H,28,30)/t17-,18-,21-,22+,23-/m0/s1. The summed E-state index contributed by atoms with van der Waals surface area (Å²) in [6, 6.07) is 5.09. The summed E-state index contributed by atoms with van der Waals surface area (Å²) in [6.45, 7) is 5.26. The molecule has 192 valence electrons. The van der Waals surface area contributed by atoms with Crippen LogP contribution in [0.25, 0.3) is 0 Å². The molecule has 1 aliphatic heterocycles. The molecular weight excluding hydrogens is 464 g/mol. The molecule has 0 radical (unpaired) electrons. The summed E-state index contributed by atoms with van der Waals surface area (Å²) in [6.07, 6.45) is 6.50. The molecule has 0 unspecified atom stereocenters. The van der Waals surface area contributed by atoms with Crippen LogP contribution in [0.5, 0.6) is 0 Å². The number of unbranched alkanes of at least 4 members (excludes halogenated alkanes) is 1. The molecule has 2 aliphatic carbocycles. The Bertz CT molecular complexity index is 1050. The number of rotatable bonds is 10. The summed E-state index contributed by atoms with van der Waals surface area (Å²) in [5.41, 5.74) is 0.783. The second-order valence-electron chi connectivity index (χ2n) is 9.96. The quantitative estimate of drug-likeness (QED) is 0.229. The van der Waals surface area contributed by atoms with Crippen LogP contribution in [-0.2, 0) is 28.7 Å². The van der Waals surface area contributed by atoms with E-state index in [0.29, 0.717) is 17.9 Å². The third-order valence-electron chi connectivity index (χ3n) is 7.14. The summed E-state index contributed by atoms with van der Waals surface area (Å²) in [7, 11) is 0. The number of hydrogen-bond donors (Lipinski definition) is 1. The van der Waals surface area contributed by atoms with Crippen molar-refractivity contribution in [3.8, 4) is 0 Å². The van der Waals surface area contributed by atoms with Crippen LogP contribution in [0.1, 0.15) is 50.4 Å². The minimum absolute atomic E-state index is 0.0423. The smallest absolute Gasteiger partial charge is 0.338 e. The first-order chi connectivity index (χ1) is 17.2. The summed E-state index contributed by atoms with van der Waals surface area (Å²) in [5.74, 6) is -3.55. The maximum atomic E-state index is 13.1. The maximum Gasteiger partial charge on any atom is 0.338 e. The average molecular weight is 497 g/mol. The summed E-state index contributed by atoms with van der Waals surface area (Å²) in [4.78, 5) is 64.6. The minimum atomic E-state index is -1.08. The lowest BCUT2D eigenvalue weighted by atomic mass is 9.85. The molecule has 9 nitrogen and oxygen atoms in total. The molecule has 2 fully saturated rings. The molecule has 1 heterocycles. The Hall–Kier alpha value is -3.49. The van der Waals surface area contributed by atoms with Gasteiger partial charge in [0.15, 0.2) is 6.61 Å². The number of amides is 3. The molecule has 0 aromatic heterocycles. The Kier molecular flexibility index (Phi) is 7.56. The highest BCUT2D eigenvalue weighted by Gasteiger charge is 2.61. The van der Waals surface area contributed by atoms with E-state index in [1.165, 1.54) is 12.1 Å². The van der Waals surface area contributed by atoms with Gasteiger partial charge in [-0.15, -0.1) is 0 Å². The third kappa shape index (κ3) is 4.92. The first kappa shape index (κ1) is 25.6. The van der Waals surface area contributed by atoms with E-state index in [-0.39, 0.29) is 29.6 Å². The van der Waals surface area contributed by atoms with Gasteiger partial charge in [-0.05, 0) is 54.9 Å². The van der Waals surface area contributed by atoms with Crippen molar-refractivity contribution in [1.29, 1.82) is 0 Å². The van der Waals surface area contributed by atoms with E-state index in [4.69, 9.17) is 9.47 Å². The van der Waals surface area contributed by atoms with E-state index in [1.807, 2.05) is 19.1 Å². The van der Waals surface area contributed by atoms with Gasteiger partial charge in [0, 0.05) is 5.69 Å². The fraction of sp³-hybridized carbons (Fsp3) is 0.519. The lowest BCUT2D eigenvalue weighted by molar-refractivity contribution is -0.162. The summed E-state index contributed by atoms with van der Waals surface area (Å²) >= 11 is 0. The first-order valence-corrected chi connectivity index (χ1v) is 12.5. The van der Waals surface area contributed by atoms with Crippen molar-refractivity contribution in [3.63, 3.8) is 0 Å². The molecule has 1 aromatic carbocycles. The Morgan fingerprint density at radius 3 is 2.17 bits per heavy atom. The van der Waals surface area contributed by atoms with E-state index in [2.05, 4.69) is 5.32 Å². The van der Waals surface area contributed by atoms with Crippen molar-refractivity contribution in [3.05, 3.63) is 42.0 Å². The number of carbonyl (C=O) groups excluding carboxylic acids is 5. The van der Waals surface area contributed by atoms with Gasteiger partial charge in [0.05, 0.1) is 24.0 Å². The van der Waals surface area contributed by atoms with Crippen LogP contribution < -0.4 is 5.32 Å². The maximum absolute atomic E-state index is 13.1. The van der Waals surface area contributed by atoms with Gasteiger partial charge in [0.25, 0.3) is 5.91 Å². The van der Waals surface area contributed by atoms with Gasteiger partial charge >= 0.3 is 11.9 Å². The predicted molar refractivity (Wildman–Crippen MR) is 129 cm³/mol. The monoisotopic (exact) mass is 496 g/mol. The lowest BCUT2D eigenvalue weighted by Gasteiger charge is -2.28. The van der Waals surface area contributed by atoms with Crippen LogP contribution in [0.4, 0.5) is 5.69 Å². The van der Waals surface area contributed by atoms with Crippen molar-refractivity contribution in [2.24, 2.45) is 29.6 Å². The highest BCUT2D eigenvalue weighted by molar-refractivity contribution is 6.09. The Morgan fingerprint density at radius 2 is 1.61 bits per heavy atom. The zero-order chi connectivity index (χ0) is 26.0. The number of carbonyl (C=O) groups is 5. The van der Waals surface area contributed by atoms with Crippen molar-refractivity contribution >= 4 is 35.3 Å². The molecule has 36 heavy (non-hydrogen) atoms. The van der Waals surface area contributed by atoms with Gasteiger partial charge in [0.1, 0.15) is 6.04 Å². The SMILES string of the molecule is CCCCOC(=O)c1ccc(NC(=O)COC(=O)[C@H](C(C)C)N2C(=O)[C@@H]3[C@H](C2=O)[C@H]2C=C[C@H]3C2)cc1. The Labute approximate surface area is 210 Å². The fourth-order valence-electron chi connectivity index (χ4n) is 5.38. The molecule has 3 aliphatic rings. The van der Waals surface area contributed by atoms with Crippen molar-refractivity contribution < 1.29 is 33.4 Å². The molecule has 0 spiro atoms. The van der Waals surface area contributed by atoms with Gasteiger partial charge in [-0.3, -0.25) is 19.3 Å². The van der Waals surface area contributed by atoms with Crippen molar-refractivity contribution in [2.45, 2.75) is 46.1 Å². The molecule has 1 aromatic rings. The molecule has 2 bridgehead atoms. The van der Waals surface area contributed by atoms with E-state index in [0.717, 1.165) is 24.2 Å². The molecular formula is C27H32N2O7. The van der Waals surface area contributed by atoms with Gasteiger partial charge in [0.2, 0.25) is 11.8 Å². The van der Waals surface area contributed by atoms with Crippen LogP contribution in [0.3, 0.4) is 0 Å². The predicted octanol–water partition coefficient (Wildman–Crippen LogP) is 2.96. The van der Waals surface area contributed by atoms with Gasteiger partial charge in [-0.25, -0.2) is 9.59 Å². The number of allylic oxidation sites excluding steroid dienone is 2. The highest BCUT2D eigenvalue weighted by Crippen LogP contribution is 2.53. The largest absolute Gasteiger partial charge is 0.462 e. The highest BCUT2D eigenvalue weighted by atomic mass is 16.5. The zero-order valence-corrected chi connectivity index (χ0v) is 20.8. The van der Waals surface area contributed by atoms with Crippen LogP contribution in [0.2, 0.25) is 0 Å². The van der Waals surface area contributed by atoms with Gasteiger partial charge in [-0.2, -0.15) is 0 Å². The van der Waals surface area contributed by atoms with Crippen molar-refractivity contribution in [2.75, 3.05) is 18.5 Å². The van der Waals surface area contributed by atoms with E-state index in [1.54, 1.807) is 26.0 Å². The second-order valence-corrected chi connectivity index (χ2v) is 9.96. The average Bonchev–Trinajstić information content (AvgIpc) is 3.53. The number of hydrogen-bond acceptors (Lipinski definition) is 7. The van der Waals surface area contributed by atoms with Crippen molar-refractivity contribution in [1.82, 2.24) is 4.90 Å². The number of nitrogens with zero attached hydrogens (tertiary/aromatic N) is 1. The lowest BCUT2D eigenvalue weighted by Crippen LogP contribution is -2.50. The second kappa shape index (κ2) is 10.6. The van der Waals surface area contributed by atoms with Crippen LogP contribution in [0, 0.1) is 29.6 Å². The molecule has 1 N–H and O–H groups in total. The number of benzene rings is 1. The number of fused-ring (bicyclic) bond motifs is 5. The fourth-order valence-corrected chi connectivity index (χ4v) is 5.38. The molecule has 5 atom stereocenters. The summed E-state index contributed by atoms with van der Waals surface area (Å²) in [5, 5.41) is 2.60. The van der Waals surface area contributed by atoms with E-state index >= 15 is 0 Å². The van der Waals surface area contributed by atoms with E-state index in [9.17, 15) is 24.0 Å². The number of imide groups is 1. The van der Waals surface area contributed by atoms with E-state index < -0.39 is 42.3 Å². The van der Waals surface area contributed by atoms with Gasteiger partial charge < -0.3 is 14.8 Å². The molecule has 9 heteroatoms. The van der Waals surface area contributed by atoms with Crippen LogP contribution in [-0.4, -0.2) is 53.8 Å². The number of ether oxygens (including phenoxy) is 2. The van der Waals surface area contributed by atoms with Crippen LogP contribution in [0.15, 0.2) is 36.4 Å². The third-order valence-corrected chi connectivity index (χ3v) is 7.14. The first-order valence-electron chi connectivity index (χ1n) is 12.5. The number of anilines is 1. The molecule has 1 saturated carbocycles. The normalized spacial score (nSPS) is 24.7. The molecule has 3 amide bonds. The summed E-state index contributed by atoms with van der Waals surface area (Å²) < 4.78 is 10.4. The topological polar surface area (TPSA) is 119 Å². The minimum Gasteiger partial charge on any atom is -0.462 e. The number of likely N-dealkylation sites (tertiary alicyclic amines) is 1. The Balaban J connectivity index is 1.32.